The van der Waals surface area contributed by atoms with Crippen molar-refractivity contribution in [3.05, 3.63) is 78.1 Å². The number of hydrogen-bond acceptors (Lipinski definition) is 5. The van der Waals surface area contributed by atoms with Gasteiger partial charge >= 0.3 is 0 Å². The number of carbonyl (C=O) groups excluding carboxylic acids is 1. The van der Waals surface area contributed by atoms with Gasteiger partial charge in [0.25, 0.3) is 0 Å². The summed E-state index contributed by atoms with van der Waals surface area (Å²) in [4.78, 5) is 22.7. The fourth-order valence-electron chi connectivity index (χ4n) is 3.87. The van der Waals surface area contributed by atoms with Gasteiger partial charge in [0.2, 0.25) is 0 Å². The number of benzene rings is 2. The standard InChI is InChI=1S/C24H26N4O/c1-18(29)21-8-5-9-22(15-21)27-23-16-24(26-17-25-23)28-12-10-20(11-13-28)14-19-6-3-2-4-7-19/h2-9,15-17,20H,10-14H2,1H3,(H,25,26,27). The zero-order chi connectivity index (χ0) is 20.1. The molecule has 0 bridgehead atoms. The Labute approximate surface area is 171 Å². The van der Waals surface area contributed by atoms with Gasteiger partial charge in [-0.25, -0.2) is 9.97 Å². The number of rotatable bonds is 6. The van der Waals surface area contributed by atoms with Gasteiger partial charge in [0.1, 0.15) is 18.0 Å². The lowest BCUT2D eigenvalue weighted by atomic mass is 9.90. The smallest absolute Gasteiger partial charge is 0.159 e. The number of hydrogen-bond donors (Lipinski definition) is 1. The number of aromatic nitrogens is 2. The van der Waals surface area contributed by atoms with Crippen LogP contribution in [0, 0.1) is 5.92 Å². The zero-order valence-corrected chi connectivity index (χ0v) is 16.7. The maximum Gasteiger partial charge on any atom is 0.159 e. The summed E-state index contributed by atoms with van der Waals surface area (Å²) >= 11 is 0. The predicted octanol–water partition coefficient (Wildman–Crippen LogP) is 4.88. The third-order valence-corrected chi connectivity index (χ3v) is 5.50. The van der Waals surface area contributed by atoms with Crippen molar-refractivity contribution in [1.82, 2.24) is 9.97 Å². The van der Waals surface area contributed by atoms with Gasteiger partial charge in [-0.2, -0.15) is 0 Å². The number of carbonyl (C=O) groups is 1. The molecule has 1 aliphatic rings. The SMILES string of the molecule is CC(=O)c1cccc(Nc2cc(N3CCC(Cc4ccccc4)CC3)ncn2)c1. The van der Waals surface area contributed by atoms with E-state index in [0.717, 1.165) is 42.8 Å². The molecular formula is C24H26N4O. The van der Waals surface area contributed by atoms with Crippen LogP contribution in [0.2, 0.25) is 0 Å². The highest BCUT2D eigenvalue weighted by atomic mass is 16.1. The Bertz CT molecular complexity index is 965. The monoisotopic (exact) mass is 386 g/mol. The van der Waals surface area contributed by atoms with E-state index in [4.69, 9.17) is 0 Å². The molecule has 3 aromatic rings. The van der Waals surface area contributed by atoms with Gasteiger partial charge < -0.3 is 10.2 Å². The lowest BCUT2D eigenvalue weighted by Crippen LogP contribution is -2.34. The molecule has 5 heteroatoms. The van der Waals surface area contributed by atoms with Crippen molar-refractivity contribution < 1.29 is 4.79 Å². The fourth-order valence-corrected chi connectivity index (χ4v) is 3.87. The molecule has 0 amide bonds. The minimum Gasteiger partial charge on any atom is -0.356 e. The average Bonchev–Trinajstić information content (AvgIpc) is 2.75. The van der Waals surface area contributed by atoms with Crippen LogP contribution in [0.3, 0.4) is 0 Å². The molecule has 0 saturated carbocycles. The molecule has 0 atom stereocenters. The Hall–Kier alpha value is -3.21. The van der Waals surface area contributed by atoms with E-state index < -0.39 is 0 Å². The number of piperidine rings is 1. The van der Waals surface area contributed by atoms with Gasteiger partial charge in [-0.05, 0) is 49.8 Å². The molecule has 1 aromatic heterocycles. The maximum atomic E-state index is 11.6. The van der Waals surface area contributed by atoms with E-state index >= 15 is 0 Å². The van der Waals surface area contributed by atoms with Gasteiger partial charge in [0.15, 0.2) is 5.78 Å². The molecule has 1 fully saturated rings. The summed E-state index contributed by atoms with van der Waals surface area (Å²) in [5.41, 5.74) is 2.96. The number of Topliss-reactive ketones (excluding diaryl/α,β-unsaturated/α-hetero) is 1. The average molecular weight is 386 g/mol. The Morgan fingerprint density at radius 3 is 2.59 bits per heavy atom. The quantitative estimate of drug-likeness (QED) is 0.612. The van der Waals surface area contributed by atoms with E-state index in [-0.39, 0.29) is 5.78 Å². The van der Waals surface area contributed by atoms with Crippen LogP contribution in [-0.2, 0) is 6.42 Å². The van der Waals surface area contributed by atoms with E-state index in [1.165, 1.54) is 18.4 Å². The number of nitrogens with zero attached hydrogens (tertiary/aromatic N) is 3. The Balaban J connectivity index is 1.38. The molecule has 1 saturated heterocycles. The van der Waals surface area contributed by atoms with Crippen molar-refractivity contribution in [3.63, 3.8) is 0 Å². The molecule has 2 heterocycles. The van der Waals surface area contributed by atoms with Crippen LogP contribution in [0.15, 0.2) is 67.0 Å². The number of nitrogens with one attached hydrogen (secondary N) is 1. The molecule has 1 aliphatic heterocycles. The summed E-state index contributed by atoms with van der Waals surface area (Å²) in [5, 5.41) is 3.29. The van der Waals surface area contributed by atoms with Crippen LogP contribution >= 0.6 is 0 Å². The second-order valence-corrected chi connectivity index (χ2v) is 7.64. The molecule has 0 unspecified atom stereocenters. The first-order valence-electron chi connectivity index (χ1n) is 10.2. The summed E-state index contributed by atoms with van der Waals surface area (Å²) in [6.45, 7) is 3.59. The molecule has 5 nitrogen and oxygen atoms in total. The van der Waals surface area contributed by atoms with E-state index in [0.29, 0.717) is 5.56 Å². The highest BCUT2D eigenvalue weighted by Gasteiger charge is 2.20. The highest BCUT2D eigenvalue weighted by Crippen LogP contribution is 2.26. The van der Waals surface area contributed by atoms with E-state index in [2.05, 4.69) is 50.5 Å². The van der Waals surface area contributed by atoms with Gasteiger partial charge in [0, 0.05) is 30.4 Å². The van der Waals surface area contributed by atoms with Crippen LogP contribution in [0.1, 0.15) is 35.7 Å². The van der Waals surface area contributed by atoms with Gasteiger partial charge in [0.05, 0.1) is 0 Å². The highest BCUT2D eigenvalue weighted by molar-refractivity contribution is 5.95. The first-order valence-corrected chi connectivity index (χ1v) is 10.2. The zero-order valence-electron chi connectivity index (χ0n) is 16.7. The number of ketones is 1. The lowest BCUT2D eigenvalue weighted by Gasteiger charge is -2.33. The third kappa shape index (κ3) is 4.99. The Morgan fingerprint density at radius 2 is 1.83 bits per heavy atom. The van der Waals surface area contributed by atoms with Crippen molar-refractivity contribution in [1.29, 1.82) is 0 Å². The van der Waals surface area contributed by atoms with Gasteiger partial charge in [-0.15, -0.1) is 0 Å². The number of anilines is 3. The molecule has 29 heavy (non-hydrogen) atoms. The minimum absolute atomic E-state index is 0.0513. The molecule has 2 aromatic carbocycles. The molecule has 148 valence electrons. The Morgan fingerprint density at radius 1 is 1.03 bits per heavy atom. The van der Waals surface area contributed by atoms with Crippen molar-refractivity contribution in [2.24, 2.45) is 5.92 Å². The first kappa shape index (κ1) is 19.1. The molecule has 0 radical (unpaired) electrons. The van der Waals surface area contributed by atoms with Crippen LogP contribution in [0.25, 0.3) is 0 Å². The van der Waals surface area contributed by atoms with Gasteiger partial charge in [-0.3, -0.25) is 4.79 Å². The largest absolute Gasteiger partial charge is 0.356 e. The van der Waals surface area contributed by atoms with E-state index in [1.54, 1.807) is 13.3 Å². The molecular weight excluding hydrogens is 360 g/mol. The summed E-state index contributed by atoms with van der Waals surface area (Å²) in [6, 6.07) is 20.2. The molecule has 0 aliphatic carbocycles. The van der Waals surface area contributed by atoms with E-state index in [9.17, 15) is 4.79 Å². The van der Waals surface area contributed by atoms with Crippen LogP contribution in [0.4, 0.5) is 17.3 Å². The van der Waals surface area contributed by atoms with Crippen molar-refractivity contribution in [2.45, 2.75) is 26.2 Å². The molecule has 4 rings (SSSR count). The normalized spacial score (nSPS) is 14.6. The van der Waals surface area contributed by atoms with Gasteiger partial charge in [-0.1, -0.05) is 42.5 Å². The fraction of sp³-hybridized carbons (Fsp3) is 0.292. The summed E-state index contributed by atoms with van der Waals surface area (Å²) in [7, 11) is 0. The van der Waals surface area contributed by atoms with Crippen LogP contribution in [0.5, 0.6) is 0 Å². The Kier molecular flexibility index (Phi) is 5.84. The molecule has 0 spiro atoms. The predicted molar refractivity (Wildman–Crippen MR) is 117 cm³/mol. The van der Waals surface area contributed by atoms with Crippen molar-refractivity contribution >= 4 is 23.1 Å². The third-order valence-electron chi connectivity index (χ3n) is 5.50. The summed E-state index contributed by atoms with van der Waals surface area (Å²) in [6.07, 6.45) is 5.09. The van der Waals surface area contributed by atoms with E-state index in [1.807, 2.05) is 30.3 Å². The second-order valence-electron chi connectivity index (χ2n) is 7.64. The van der Waals surface area contributed by atoms with Crippen LogP contribution in [-0.4, -0.2) is 28.8 Å². The van der Waals surface area contributed by atoms with Crippen molar-refractivity contribution in [3.8, 4) is 0 Å². The topological polar surface area (TPSA) is 58.1 Å². The maximum absolute atomic E-state index is 11.6. The lowest BCUT2D eigenvalue weighted by molar-refractivity contribution is 0.101. The van der Waals surface area contributed by atoms with Crippen LogP contribution < -0.4 is 10.2 Å². The summed E-state index contributed by atoms with van der Waals surface area (Å²) < 4.78 is 0. The molecule has 1 N–H and O–H groups in total. The minimum atomic E-state index is 0.0513. The summed E-state index contributed by atoms with van der Waals surface area (Å²) in [5.74, 6) is 2.46. The first-order chi connectivity index (χ1) is 14.2. The second kappa shape index (κ2) is 8.86. The van der Waals surface area contributed by atoms with Crippen molar-refractivity contribution in [2.75, 3.05) is 23.3 Å².